The molecule has 6 nitrogen and oxygen atoms in total. The normalized spacial score (nSPS) is 14.4. The molecule has 0 amide bonds. The van der Waals surface area contributed by atoms with Gasteiger partial charge in [0.05, 0.1) is 11.7 Å². The molecule has 0 aromatic carbocycles. The molecule has 0 fully saturated rings. The number of hydrogen-bond donors (Lipinski definition) is 1. The second-order valence-corrected chi connectivity index (χ2v) is 6.60. The van der Waals surface area contributed by atoms with Crippen LogP contribution >= 0.6 is 0 Å². The molecule has 1 unspecified atom stereocenters. The average Bonchev–Trinajstić information content (AvgIpc) is 3.21. The maximum absolute atomic E-state index is 4.80. The zero-order chi connectivity index (χ0) is 17.4. The Kier molecular flexibility index (Phi) is 3.95. The number of nitrogens with one attached hydrogen (secondary N) is 1. The molecule has 0 bridgehead atoms. The van der Waals surface area contributed by atoms with Crippen LogP contribution in [0.25, 0.3) is 11.5 Å². The molecule has 3 aromatic heterocycles. The number of rotatable bonds is 4. The Balaban J connectivity index is 1.71. The summed E-state index contributed by atoms with van der Waals surface area (Å²) in [4.78, 5) is 14.0. The Bertz CT molecular complexity index is 900. The van der Waals surface area contributed by atoms with E-state index in [2.05, 4.69) is 28.5 Å². The third kappa shape index (κ3) is 2.99. The summed E-state index contributed by atoms with van der Waals surface area (Å²) in [7, 11) is 1.95. The number of aryl methyl sites for hydroxylation is 3. The second kappa shape index (κ2) is 6.27. The van der Waals surface area contributed by atoms with Crippen LogP contribution in [0.4, 0.5) is 5.82 Å². The van der Waals surface area contributed by atoms with Gasteiger partial charge in [0.15, 0.2) is 5.82 Å². The largest absolute Gasteiger partial charge is 0.363 e. The van der Waals surface area contributed by atoms with Crippen molar-refractivity contribution in [3.8, 4) is 11.5 Å². The van der Waals surface area contributed by atoms with Gasteiger partial charge in [-0.25, -0.2) is 9.97 Å². The van der Waals surface area contributed by atoms with Crippen molar-refractivity contribution >= 4 is 5.82 Å². The van der Waals surface area contributed by atoms with Crippen LogP contribution < -0.4 is 5.32 Å². The Morgan fingerprint density at radius 2 is 2.08 bits per heavy atom. The van der Waals surface area contributed by atoms with Crippen LogP contribution in [0.1, 0.15) is 41.9 Å². The molecule has 4 rings (SSSR count). The molecule has 0 saturated carbocycles. The zero-order valence-electron chi connectivity index (χ0n) is 14.8. The minimum atomic E-state index is 0.130. The highest BCUT2D eigenvalue weighted by atomic mass is 15.3. The van der Waals surface area contributed by atoms with Crippen molar-refractivity contribution in [3.63, 3.8) is 0 Å². The van der Waals surface area contributed by atoms with E-state index in [1.165, 1.54) is 11.1 Å². The standard InChI is InChI=1S/C19H22N6/c1-12(15-11-25(3)24-13(15)2)21-18-14-7-6-9-16(14)22-19(23-18)17-8-4-5-10-20-17/h4-5,8,10-12H,6-7,9H2,1-3H3,(H,21,22,23). The summed E-state index contributed by atoms with van der Waals surface area (Å²) >= 11 is 0. The van der Waals surface area contributed by atoms with Gasteiger partial charge in [-0.05, 0) is 45.2 Å². The predicted octanol–water partition coefficient (Wildman–Crippen LogP) is 3.24. The van der Waals surface area contributed by atoms with Crippen molar-refractivity contribution in [2.24, 2.45) is 7.05 Å². The molecule has 1 aliphatic rings. The highest BCUT2D eigenvalue weighted by Gasteiger charge is 2.22. The Hall–Kier alpha value is -2.76. The van der Waals surface area contributed by atoms with Crippen LogP contribution in [0.15, 0.2) is 30.6 Å². The minimum Gasteiger partial charge on any atom is -0.363 e. The van der Waals surface area contributed by atoms with E-state index in [-0.39, 0.29) is 6.04 Å². The molecule has 3 aromatic rings. The van der Waals surface area contributed by atoms with Gasteiger partial charge in [-0.2, -0.15) is 5.10 Å². The van der Waals surface area contributed by atoms with E-state index in [9.17, 15) is 0 Å². The zero-order valence-corrected chi connectivity index (χ0v) is 14.8. The van der Waals surface area contributed by atoms with E-state index in [1.807, 2.05) is 36.9 Å². The molecule has 0 radical (unpaired) electrons. The Labute approximate surface area is 147 Å². The molecule has 0 spiro atoms. The molecule has 0 saturated heterocycles. The molecule has 6 heteroatoms. The number of nitrogens with zero attached hydrogens (tertiary/aromatic N) is 5. The van der Waals surface area contributed by atoms with Crippen LogP contribution in [-0.4, -0.2) is 24.7 Å². The summed E-state index contributed by atoms with van der Waals surface area (Å²) in [6.07, 6.45) is 7.00. The molecule has 0 aliphatic heterocycles. The highest BCUT2D eigenvalue weighted by Crippen LogP contribution is 2.31. The topological polar surface area (TPSA) is 68.5 Å². The van der Waals surface area contributed by atoms with E-state index < -0.39 is 0 Å². The van der Waals surface area contributed by atoms with Crippen molar-refractivity contribution in [2.45, 2.75) is 39.2 Å². The fourth-order valence-corrected chi connectivity index (χ4v) is 3.49. The third-order valence-electron chi connectivity index (χ3n) is 4.70. The summed E-state index contributed by atoms with van der Waals surface area (Å²) in [5.41, 5.74) is 5.43. The Morgan fingerprint density at radius 1 is 1.20 bits per heavy atom. The lowest BCUT2D eigenvalue weighted by molar-refractivity contribution is 0.756. The maximum Gasteiger partial charge on any atom is 0.180 e. The van der Waals surface area contributed by atoms with Crippen LogP contribution in [0, 0.1) is 6.92 Å². The maximum atomic E-state index is 4.80. The fourth-order valence-electron chi connectivity index (χ4n) is 3.49. The van der Waals surface area contributed by atoms with Gasteiger partial charge >= 0.3 is 0 Å². The predicted molar refractivity (Wildman–Crippen MR) is 97.3 cm³/mol. The van der Waals surface area contributed by atoms with Gasteiger partial charge in [-0.3, -0.25) is 9.67 Å². The van der Waals surface area contributed by atoms with Crippen molar-refractivity contribution in [3.05, 3.63) is 53.1 Å². The minimum absolute atomic E-state index is 0.130. The van der Waals surface area contributed by atoms with Gasteiger partial charge in [0.25, 0.3) is 0 Å². The summed E-state index contributed by atoms with van der Waals surface area (Å²) in [6, 6.07) is 5.95. The third-order valence-corrected chi connectivity index (χ3v) is 4.70. The van der Waals surface area contributed by atoms with Gasteiger partial charge in [0.2, 0.25) is 0 Å². The van der Waals surface area contributed by atoms with Gasteiger partial charge in [-0.1, -0.05) is 6.07 Å². The second-order valence-electron chi connectivity index (χ2n) is 6.60. The Morgan fingerprint density at radius 3 is 2.80 bits per heavy atom. The van der Waals surface area contributed by atoms with Gasteiger partial charge < -0.3 is 5.32 Å². The van der Waals surface area contributed by atoms with Gasteiger partial charge in [-0.15, -0.1) is 0 Å². The lowest BCUT2D eigenvalue weighted by Gasteiger charge is -2.17. The van der Waals surface area contributed by atoms with Crippen molar-refractivity contribution in [1.82, 2.24) is 24.7 Å². The molecule has 3 heterocycles. The lowest BCUT2D eigenvalue weighted by Crippen LogP contribution is -2.12. The fraction of sp³-hybridized carbons (Fsp3) is 0.368. The monoisotopic (exact) mass is 334 g/mol. The summed E-state index contributed by atoms with van der Waals surface area (Å²) < 4.78 is 1.85. The molecule has 25 heavy (non-hydrogen) atoms. The first-order valence-electron chi connectivity index (χ1n) is 8.69. The number of fused-ring (bicyclic) bond motifs is 1. The van der Waals surface area contributed by atoms with Crippen LogP contribution in [0.2, 0.25) is 0 Å². The first-order chi connectivity index (χ1) is 12.1. The quantitative estimate of drug-likeness (QED) is 0.793. The molecule has 1 N–H and O–H groups in total. The van der Waals surface area contributed by atoms with E-state index in [1.54, 1.807) is 6.20 Å². The SMILES string of the molecule is Cc1nn(C)cc1C(C)Nc1nc(-c2ccccn2)nc2c1CCC2. The summed E-state index contributed by atoms with van der Waals surface area (Å²) in [6.45, 7) is 4.19. The van der Waals surface area contributed by atoms with Crippen molar-refractivity contribution < 1.29 is 0 Å². The number of pyridine rings is 1. The van der Waals surface area contributed by atoms with Crippen LogP contribution in [0.5, 0.6) is 0 Å². The number of aromatic nitrogens is 5. The van der Waals surface area contributed by atoms with Crippen LogP contribution in [-0.2, 0) is 19.9 Å². The van der Waals surface area contributed by atoms with Crippen molar-refractivity contribution in [2.75, 3.05) is 5.32 Å². The summed E-state index contributed by atoms with van der Waals surface area (Å²) in [5, 5.41) is 8.04. The van der Waals surface area contributed by atoms with Gasteiger partial charge in [0, 0.05) is 36.3 Å². The number of anilines is 1. The van der Waals surface area contributed by atoms with E-state index in [0.717, 1.165) is 42.2 Å². The van der Waals surface area contributed by atoms with Gasteiger partial charge in [0.1, 0.15) is 11.5 Å². The average molecular weight is 334 g/mol. The van der Waals surface area contributed by atoms with E-state index in [4.69, 9.17) is 9.97 Å². The van der Waals surface area contributed by atoms with E-state index in [0.29, 0.717) is 5.82 Å². The number of hydrogen-bond acceptors (Lipinski definition) is 5. The molecular formula is C19H22N6. The molecule has 1 atom stereocenters. The first-order valence-corrected chi connectivity index (χ1v) is 8.69. The lowest BCUT2D eigenvalue weighted by atomic mass is 10.1. The molecule has 128 valence electrons. The first kappa shape index (κ1) is 15.7. The smallest absolute Gasteiger partial charge is 0.180 e. The summed E-state index contributed by atoms with van der Waals surface area (Å²) in [5.74, 6) is 1.62. The highest BCUT2D eigenvalue weighted by molar-refractivity contribution is 5.58. The van der Waals surface area contributed by atoms with Crippen LogP contribution in [0.3, 0.4) is 0 Å². The van der Waals surface area contributed by atoms with E-state index >= 15 is 0 Å². The molecular weight excluding hydrogens is 312 g/mol. The molecule has 1 aliphatic carbocycles. The van der Waals surface area contributed by atoms with Crippen molar-refractivity contribution in [1.29, 1.82) is 0 Å².